The van der Waals surface area contributed by atoms with E-state index in [-0.39, 0.29) is 0 Å². The van der Waals surface area contributed by atoms with E-state index in [1.54, 1.807) is 0 Å². The van der Waals surface area contributed by atoms with E-state index in [0.717, 1.165) is 25.7 Å². The van der Waals surface area contributed by atoms with Crippen LogP contribution in [0.5, 0.6) is 0 Å². The van der Waals surface area contributed by atoms with Crippen LogP contribution in [0.25, 0.3) is 0 Å². The molecular weight excluding hydrogens is 196 g/mol. The summed E-state index contributed by atoms with van der Waals surface area (Å²) in [7, 11) is 0. The predicted octanol–water partition coefficient (Wildman–Crippen LogP) is 3.49. The zero-order chi connectivity index (χ0) is 11.4. The largest absolute Gasteiger partial charge is 0.390 e. The molecule has 0 aliphatic heterocycles. The lowest BCUT2D eigenvalue weighted by Crippen LogP contribution is -2.33. The number of benzene rings is 1. The summed E-state index contributed by atoms with van der Waals surface area (Å²) >= 11 is 0. The molecule has 1 heteroatoms. The highest BCUT2D eigenvalue weighted by molar-refractivity contribution is 5.23. The van der Waals surface area contributed by atoms with Gasteiger partial charge in [0, 0.05) is 6.42 Å². The summed E-state index contributed by atoms with van der Waals surface area (Å²) in [6.07, 6.45) is 7.52. The number of hydrogen-bond acceptors (Lipinski definition) is 1. The van der Waals surface area contributed by atoms with Crippen molar-refractivity contribution in [3.05, 3.63) is 35.4 Å². The summed E-state index contributed by atoms with van der Waals surface area (Å²) in [5.41, 5.74) is 2.23. The standard InChI is InChI=1S/C15H22O/c1-2-13-6-8-14(9-7-13)12-15(16)10-4-3-5-11-15/h6-9,16H,2-5,10-12H2,1H3. The van der Waals surface area contributed by atoms with Crippen LogP contribution in [0.2, 0.25) is 0 Å². The molecule has 0 aromatic heterocycles. The molecule has 0 bridgehead atoms. The number of rotatable bonds is 3. The molecule has 0 atom stereocenters. The van der Waals surface area contributed by atoms with Gasteiger partial charge < -0.3 is 5.11 Å². The van der Waals surface area contributed by atoms with Gasteiger partial charge in [-0.1, -0.05) is 50.5 Å². The Morgan fingerprint density at radius 3 is 2.12 bits per heavy atom. The Hall–Kier alpha value is -0.820. The van der Waals surface area contributed by atoms with Crippen LogP contribution in [-0.4, -0.2) is 10.7 Å². The highest BCUT2D eigenvalue weighted by atomic mass is 16.3. The normalized spacial score (nSPS) is 19.6. The van der Waals surface area contributed by atoms with Crippen molar-refractivity contribution in [1.82, 2.24) is 0 Å². The SMILES string of the molecule is CCc1ccc(CC2(O)CCCCC2)cc1. The van der Waals surface area contributed by atoms with Crippen molar-refractivity contribution in [2.45, 2.75) is 57.5 Å². The third-order valence-electron chi connectivity index (χ3n) is 3.75. The molecule has 16 heavy (non-hydrogen) atoms. The van der Waals surface area contributed by atoms with Gasteiger partial charge in [-0.2, -0.15) is 0 Å². The Morgan fingerprint density at radius 2 is 1.56 bits per heavy atom. The van der Waals surface area contributed by atoms with E-state index >= 15 is 0 Å². The van der Waals surface area contributed by atoms with Crippen LogP contribution in [-0.2, 0) is 12.8 Å². The fourth-order valence-corrected chi connectivity index (χ4v) is 2.66. The Kier molecular flexibility index (Phi) is 3.65. The molecule has 0 heterocycles. The van der Waals surface area contributed by atoms with Gasteiger partial charge in [-0.25, -0.2) is 0 Å². The van der Waals surface area contributed by atoms with E-state index < -0.39 is 5.60 Å². The summed E-state index contributed by atoms with van der Waals surface area (Å²) in [5.74, 6) is 0. The molecule has 1 aromatic carbocycles. The van der Waals surface area contributed by atoms with Crippen LogP contribution in [0.15, 0.2) is 24.3 Å². The fraction of sp³-hybridized carbons (Fsp3) is 0.600. The Bertz CT molecular complexity index is 320. The van der Waals surface area contributed by atoms with Crippen molar-refractivity contribution in [3.8, 4) is 0 Å². The molecular formula is C15H22O. The number of hydrogen-bond donors (Lipinski definition) is 1. The molecule has 1 aromatic rings. The maximum absolute atomic E-state index is 10.5. The minimum Gasteiger partial charge on any atom is -0.390 e. The summed E-state index contributed by atoms with van der Waals surface area (Å²) in [6.45, 7) is 2.17. The first-order chi connectivity index (χ1) is 7.72. The van der Waals surface area contributed by atoms with Crippen molar-refractivity contribution in [1.29, 1.82) is 0 Å². The lowest BCUT2D eigenvalue weighted by molar-refractivity contribution is 0.00449. The van der Waals surface area contributed by atoms with Gasteiger partial charge in [-0.05, 0) is 30.4 Å². The molecule has 2 rings (SSSR count). The lowest BCUT2D eigenvalue weighted by Gasteiger charge is -2.32. The molecule has 1 aliphatic rings. The second kappa shape index (κ2) is 5.01. The number of aliphatic hydroxyl groups is 1. The van der Waals surface area contributed by atoms with Crippen molar-refractivity contribution in [3.63, 3.8) is 0 Å². The summed E-state index contributed by atoms with van der Waals surface area (Å²) in [6, 6.07) is 8.71. The van der Waals surface area contributed by atoms with Crippen LogP contribution < -0.4 is 0 Å². The maximum Gasteiger partial charge on any atom is 0.0688 e. The molecule has 0 unspecified atom stereocenters. The molecule has 1 saturated carbocycles. The topological polar surface area (TPSA) is 20.2 Å². The maximum atomic E-state index is 10.5. The van der Waals surface area contributed by atoms with Crippen molar-refractivity contribution < 1.29 is 5.11 Å². The highest BCUT2D eigenvalue weighted by Gasteiger charge is 2.28. The van der Waals surface area contributed by atoms with E-state index in [2.05, 4.69) is 31.2 Å². The van der Waals surface area contributed by atoms with Crippen molar-refractivity contribution >= 4 is 0 Å². The quantitative estimate of drug-likeness (QED) is 0.823. The van der Waals surface area contributed by atoms with Gasteiger partial charge in [-0.15, -0.1) is 0 Å². The van der Waals surface area contributed by atoms with Gasteiger partial charge in [0.25, 0.3) is 0 Å². The smallest absolute Gasteiger partial charge is 0.0688 e. The first-order valence-corrected chi connectivity index (χ1v) is 6.52. The molecule has 0 radical (unpaired) electrons. The van der Waals surface area contributed by atoms with Crippen molar-refractivity contribution in [2.75, 3.05) is 0 Å². The molecule has 1 aliphatic carbocycles. The first-order valence-electron chi connectivity index (χ1n) is 6.52. The van der Waals surface area contributed by atoms with E-state index in [9.17, 15) is 5.11 Å². The molecule has 1 nitrogen and oxygen atoms in total. The minimum absolute atomic E-state index is 0.425. The van der Waals surface area contributed by atoms with Gasteiger partial charge in [0.15, 0.2) is 0 Å². The average molecular weight is 218 g/mol. The third kappa shape index (κ3) is 2.85. The highest BCUT2D eigenvalue weighted by Crippen LogP contribution is 2.31. The second-order valence-electron chi connectivity index (χ2n) is 5.13. The zero-order valence-corrected chi connectivity index (χ0v) is 10.2. The second-order valence-corrected chi connectivity index (χ2v) is 5.13. The summed E-state index contributed by atoms with van der Waals surface area (Å²) in [4.78, 5) is 0. The third-order valence-corrected chi connectivity index (χ3v) is 3.75. The molecule has 0 spiro atoms. The fourth-order valence-electron chi connectivity index (χ4n) is 2.66. The van der Waals surface area contributed by atoms with E-state index in [4.69, 9.17) is 0 Å². The lowest BCUT2D eigenvalue weighted by atomic mass is 9.80. The summed E-state index contributed by atoms with van der Waals surface area (Å²) < 4.78 is 0. The molecule has 0 amide bonds. The predicted molar refractivity (Wildman–Crippen MR) is 67.6 cm³/mol. The molecule has 88 valence electrons. The van der Waals surface area contributed by atoms with Gasteiger partial charge >= 0.3 is 0 Å². The van der Waals surface area contributed by atoms with Gasteiger partial charge in [-0.3, -0.25) is 0 Å². The van der Waals surface area contributed by atoms with E-state index in [1.165, 1.54) is 30.4 Å². The van der Waals surface area contributed by atoms with Crippen LogP contribution in [0.3, 0.4) is 0 Å². The van der Waals surface area contributed by atoms with Crippen LogP contribution in [0.4, 0.5) is 0 Å². The minimum atomic E-state index is -0.425. The van der Waals surface area contributed by atoms with Crippen LogP contribution in [0, 0.1) is 0 Å². The van der Waals surface area contributed by atoms with Crippen molar-refractivity contribution in [2.24, 2.45) is 0 Å². The Labute approximate surface area is 98.5 Å². The Balaban J connectivity index is 2.01. The summed E-state index contributed by atoms with van der Waals surface area (Å²) in [5, 5.41) is 10.5. The first kappa shape index (κ1) is 11.7. The molecule has 0 saturated heterocycles. The molecule has 1 fully saturated rings. The zero-order valence-electron chi connectivity index (χ0n) is 10.2. The average Bonchev–Trinajstić information content (AvgIpc) is 2.30. The van der Waals surface area contributed by atoms with Crippen LogP contribution in [0.1, 0.15) is 50.2 Å². The van der Waals surface area contributed by atoms with Gasteiger partial charge in [0.05, 0.1) is 5.60 Å². The van der Waals surface area contributed by atoms with E-state index in [0.29, 0.717) is 0 Å². The van der Waals surface area contributed by atoms with E-state index in [1.807, 2.05) is 0 Å². The Morgan fingerprint density at radius 1 is 1.00 bits per heavy atom. The number of aryl methyl sites for hydroxylation is 1. The molecule has 1 N–H and O–H groups in total. The van der Waals surface area contributed by atoms with Gasteiger partial charge in [0.1, 0.15) is 0 Å². The monoisotopic (exact) mass is 218 g/mol. The van der Waals surface area contributed by atoms with Gasteiger partial charge in [0.2, 0.25) is 0 Å². The van der Waals surface area contributed by atoms with Crippen LogP contribution >= 0.6 is 0 Å².